The van der Waals surface area contributed by atoms with E-state index in [9.17, 15) is 4.79 Å². The van der Waals surface area contributed by atoms with E-state index < -0.39 is 6.04 Å². The van der Waals surface area contributed by atoms with Crippen molar-refractivity contribution in [3.63, 3.8) is 0 Å². The van der Waals surface area contributed by atoms with Gasteiger partial charge in [-0.25, -0.2) is 0 Å². The number of rotatable bonds is 4. The van der Waals surface area contributed by atoms with Crippen LogP contribution in [0, 0.1) is 11.3 Å². The lowest BCUT2D eigenvalue weighted by Crippen LogP contribution is -2.31. The molecule has 2 rings (SSSR count). The molecule has 0 radical (unpaired) electrons. The fourth-order valence-corrected chi connectivity index (χ4v) is 2.00. The summed E-state index contributed by atoms with van der Waals surface area (Å²) in [5.41, 5.74) is 1.79. The van der Waals surface area contributed by atoms with Crippen LogP contribution >= 0.6 is 0 Å². The van der Waals surface area contributed by atoms with E-state index in [1.165, 1.54) is 0 Å². The van der Waals surface area contributed by atoms with E-state index in [2.05, 4.69) is 36.5 Å². The van der Waals surface area contributed by atoms with E-state index in [0.717, 1.165) is 5.69 Å². The zero-order valence-corrected chi connectivity index (χ0v) is 13.8. The summed E-state index contributed by atoms with van der Waals surface area (Å²) in [4.78, 5) is 12.2. The van der Waals surface area contributed by atoms with Gasteiger partial charge in [0.1, 0.15) is 6.04 Å². The third-order valence-electron chi connectivity index (χ3n) is 3.31. The highest BCUT2D eigenvalue weighted by Gasteiger charge is 2.17. The number of nitrogens with one attached hydrogen (secondary N) is 2. The predicted molar refractivity (Wildman–Crippen MR) is 90.1 cm³/mol. The number of nitrogens with zero attached hydrogens (tertiary/aromatic N) is 3. The van der Waals surface area contributed by atoms with Crippen molar-refractivity contribution in [2.24, 2.45) is 0 Å². The maximum atomic E-state index is 12.2. The molecule has 0 spiro atoms. The van der Waals surface area contributed by atoms with Crippen molar-refractivity contribution in [3.05, 3.63) is 42.2 Å². The molecule has 6 heteroatoms. The SMILES string of the molecule is C[C@H](Nc1cnn(C(C)(C)C)c1)C(=O)Nc1cccc(C#N)c1. The van der Waals surface area contributed by atoms with Crippen molar-refractivity contribution < 1.29 is 4.79 Å². The van der Waals surface area contributed by atoms with Crippen LogP contribution in [0.3, 0.4) is 0 Å². The first-order valence-electron chi connectivity index (χ1n) is 7.42. The molecule has 1 atom stereocenters. The average Bonchev–Trinajstić information content (AvgIpc) is 2.96. The van der Waals surface area contributed by atoms with Crippen LogP contribution in [-0.2, 0) is 10.3 Å². The molecule has 0 fully saturated rings. The van der Waals surface area contributed by atoms with Crippen LogP contribution in [-0.4, -0.2) is 21.7 Å². The van der Waals surface area contributed by atoms with Crippen LogP contribution in [0.5, 0.6) is 0 Å². The van der Waals surface area contributed by atoms with E-state index in [1.54, 1.807) is 37.4 Å². The van der Waals surface area contributed by atoms with Crippen LogP contribution in [0.15, 0.2) is 36.7 Å². The lowest BCUT2D eigenvalue weighted by Gasteiger charge is -2.19. The van der Waals surface area contributed by atoms with Crippen molar-refractivity contribution in [2.45, 2.75) is 39.3 Å². The number of carbonyl (C=O) groups is 1. The summed E-state index contributed by atoms with van der Waals surface area (Å²) in [6, 6.07) is 8.44. The minimum Gasteiger partial charge on any atom is -0.371 e. The molecule has 0 unspecified atom stereocenters. The summed E-state index contributed by atoms with van der Waals surface area (Å²) >= 11 is 0. The van der Waals surface area contributed by atoms with Crippen LogP contribution in [0.4, 0.5) is 11.4 Å². The van der Waals surface area contributed by atoms with Gasteiger partial charge in [-0.3, -0.25) is 9.48 Å². The number of hydrogen-bond donors (Lipinski definition) is 2. The van der Waals surface area contributed by atoms with Gasteiger partial charge in [-0.2, -0.15) is 10.4 Å². The Hall–Kier alpha value is -2.81. The molecule has 1 heterocycles. The Morgan fingerprint density at radius 1 is 1.35 bits per heavy atom. The first-order chi connectivity index (χ1) is 10.8. The second kappa shape index (κ2) is 6.53. The monoisotopic (exact) mass is 311 g/mol. The molecule has 0 saturated heterocycles. The van der Waals surface area contributed by atoms with Crippen molar-refractivity contribution in [1.82, 2.24) is 9.78 Å². The third kappa shape index (κ3) is 4.33. The number of benzene rings is 1. The molecular weight excluding hydrogens is 290 g/mol. The number of anilines is 2. The Labute approximate surface area is 136 Å². The van der Waals surface area contributed by atoms with Gasteiger partial charge in [-0.15, -0.1) is 0 Å². The predicted octanol–water partition coefficient (Wildman–Crippen LogP) is 2.95. The highest BCUT2D eigenvalue weighted by Crippen LogP contribution is 2.17. The van der Waals surface area contributed by atoms with Gasteiger partial charge >= 0.3 is 0 Å². The fraction of sp³-hybridized carbons (Fsp3) is 0.353. The van der Waals surface area contributed by atoms with E-state index in [4.69, 9.17) is 5.26 Å². The summed E-state index contributed by atoms with van der Waals surface area (Å²) in [6.45, 7) is 7.95. The molecule has 1 amide bonds. The van der Waals surface area contributed by atoms with Gasteiger partial charge in [-0.05, 0) is 45.9 Å². The summed E-state index contributed by atoms with van der Waals surface area (Å²) in [5.74, 6) is -0.177. The van der Waals surface area contributed by atoms with Gasteiger partial charge in [-0.1, -0.05) is 6.07 Å². The maximum Gasteiger partial charge on any atom is 0.246 e. The molecule has 0 aliphatic rings. The smallest absolute Gasteiger partial charge is 0.246 e. The lowest BCUT2D eigenvalue weighted by atomic mass is 10.1. The Balaban J connectivity index is 2.00. The molecule has 0 bridgehead atoms. The number of carbonyl (C=O) groups excluding carboxylic acids is 1. The first-order valence-corrected chi connectivity index (χ1v) is 7.42. The standard InChI is InChI=1S/C17H21N5O/c1-12(20-15-10-19-22(11-15)17(2,3)4)16(23)21-14-7-5-6-13(8-14)9-18/h5-8,10-12,20H,1-4H3,(H,21,23)/t12-/m0/s1. The normalized spacial score (nSPS) is 12.3. The summed E-state index contributed by atoms with van der Waals surface area (Å²) in [7, 11) is 0. The summed E-state index contributed by atoms with van der Waals surface area (Å²) in [5, 5.41) is 19.1. The molecule has 1 aromatic carbocycles. The second-order valence-electron chi connectivity index (χ2n) is 6.39. The molecule has 0 aliphatic carbocycles. The fourth-order valence-electron chi connectivity index (χ4n) is 2.00. The topological polar surface area (TPSA) is 82.7 Å². The molecule has 2 N–H and O–H groups in total. The zero-order valence-electron chi connectivity index (χ0n) is 13.8. The van der Waals surface area contributed by atoms with Crippen LogP contribution in [0.1, 0.15) is 33.3 Å². The minimum absolute atomic E-state index is 0.108. The number of hydrogen-bond acceptors (Lipinski definition) is 4. The number of nitriles is 1. The Kier molecular flexibility index (Phi) is 4.70. The molecule has 1 aromatic heterocycles. The van der Waals surface area contributed by atoms with Crippen LogP contribution in [0.2, 0.25) is 0 Å². The zero-order chi connectivity index (χ0) is 17.0. The van der Waals surface area contributed by atoms with Crippen molar-refractivity contribution in [2.75, 3.05) is 10.6 Å². The number of amides is 1. The van der Waals surface area contributed by atoms with Crippen molar-refractivity contribution in [3.8, 4) is 6.07 Å². The van der Waals surface area contributed by atoms with E-state index in [0.29, 0.717) is 11.3 Å². The highest BCUT2D eigenvalue weighted by atomic mass is 16.2. The second-order valence-corrected chi connectivity index (χ2v) is 6.39. The van der Waals surface area contributed by atoms with Gasteiger partial charge < -0.3 is 10.6 Å². The van der Waals surface area contributed by atoms with Crippen LogP contribution in [0.25, 0.3) is 0 Å². The molecule has 0 saturated carbocycles. The molecule has 6 nitrogen and oxygen atoms in total. The lowest BCUT2D eigenvalue weighted by molar-refractivity contribution is -0.116. The van der Waals surface area contributed by atoms with Gasteiger partial charge in [0.05, 0.1) is 29.1 Å². The Morgan fingerprint density at radius 2 is 2.09 bits per heavy atom. The quantitative estimate of drug-likeness (QED) is 0.909. The summed E-state index contributed by atoms with van der Waals surface area (Å²) in [6.07, 6.45) is 3.57. The first kappa shape index (κ1) is 16.6. The maximum absolute atomic E-state index is 12.2. The van der Waals surface area contributed by atoms with Gasteiger partial charge in [0.15, 0.2) is 0 Å². The largest absolute Gasteiger partial charge is 0.371 e. The molecule has 23 heavy (non-hydrogen) atoms. The van der Waals surface area contributed by atoms with E-state index >= 15 is 0 Å². The van der Waals surface area contributed by atoms with E-state index in [-0.39, 0.29) is 11.4 Å². The van der Waals surface area contributed by atoms with Gasteiger partial charge in [0, 0.05) is 11.9 Å². The average molecular weight is 311 g/mol. The number of aromatic nitrogens is 2. The third-order valence-corrected chi connectivity index (χ3v) is 3.31. The Morgan fingerprint density at radius 3 is 2.70 bits per heavy atom. The van der Waals surface area contributed by atoms with Crippen molar-refractivity contribution >= 4 is 17.3 Å². The molecule has 120 valence electrons. The van der Waals surface area contributed by atoms with Crippen molar-refractivity contribution in [1.29, 1.82) is 5.26 Å². The molecule has 0 aliphatic heterocycles. The van der Waals surface area contributed by atoms with Crippen LogP contribution < -0.4 is 10.6 Å². The van der Waals surface area contributed by atoms with E-state index in [1.807, 2.05) is 16.9 Å². The highest BCUT2D eigenvalue weighted by molar-refractivity contribution is 5.96. The molecule has 2 aromatic rings. The van der Waals surface area contributed by atoms with Gasteiger partial charge in [0.2, 0.25) is 5.91 Å². The van der Waals surface area contributed by atoms with Gasteiger partial charge in [0.25, 0.3) is 0 Å². The molecular formula is C17H21N5O. The minimum atomic E-state index is -0.432. The Bertz CT molecular complexity index is 736. The summed E-state index contributed by atoms with van der Waals surface area (Å²) < 4.78 is 1.84.